The van der Waals surface area contributed by atoms with Crippen molar-refractivity contribution in [1.29, 1.82) is 0 Å². The number of rotatable bonds is 1. The summed E-state index contributed by atoms with van der Waals surface area (Å²) >= 11 is 3.46. The van der Waals surface area contributed by atoms with E-state index in [1.54, 1.807) is 0 Å². The molecule has 0 aromatic carbocycles. The molecule has 0 unspecified atom stereocenters. The molecule has 0 saturated carbocycles. The number of ether oxygens (including phenoxy) is 1. The molecule has 17 heavy (non-hydrogen) atoms. The third-order valence-electron chi connectivity index (χ3n) is 3.92. The van der Waals surface area contributed by atoms with Crippen LogP contribution in [0.5, 0.6) is 0 Å². The number of halogens is 1. The van der Waals surface area contributed by atoms with Crippen LogP contribution in [0.4, 0.5) is 5.82 Å². The molecule has 0 atom stereocenters. The summed E-state index contributed by atoms with van der Waals surface area (Å²) in [5.41, 5.74) is 1.76. The lowest BCUT2D eigenvalue weighted by Gasteiger charge is -2.53. The fourth-order valence-electron chi connectivity index (χ4n) is 2.90. The van der Waals surface area contributed by atoms with Gasteiger partial charge in [0.15, 0.2) is 0 Å². The Balaban J connectivity index is 1.72. The predicted octanol–water partition coefficient (Wildman–Crippen LogP) is 2.77. The van der Waals surface area contributed by atoms with Crippen LogP contribution in [0.2, 0.25) is 0 Å². The van der Waals surface area contributed by atoms with Crippen molar-refractivity contribution >= 4 is 21.7 Å². The number of hydrogen-bond donors (Lipinski definition) is 0. The molecule has 4 heteroatoms. The number of pyridine rings is 1. The van der Waals surface area contributed by atoms with Crippen LogP contribution in [-0.4, -0.2) is 31.3 Å². The van der Waals surface area contributed by atoms with Gasteiger partial charge in [-0.15, -0.1) is 0 Å². The van der Waals surface area contributed by atoms with Crippen LogP contribution in [0.1, 0.15) is 18.4 Å². The normalized spacial score (nSPS) is 22.6. The zero-order chi connectivity index (χ0) is 11.9. The van der Waals surface area contributed by atoms with E-state index in [9.17, 15) is 0 Å². The monoisotopic (exact) mass is 296 g/mol. The van der Waals surface area contributed by atoms with Crippen LogP contribution in [0.3, 0.4) is 0 Å². The highest BCUT2D eigenvalue weighted by molar-refractivity contribution is 9.10. The van der Waals surface area contributed by atoms with Crippen molar-refractivity contribution < 1.29 is 4.74 Å². The van der Waals surface area contributed by atoms with E-state index in [1.165, 1.54) is 18.4 Å². The van der Waals surface area contributed by atoms with Crippen molar-refractivity contribution in [2.75, 3.05) is 31.2 Å². The quantitative estimate of drug-likeness (QED) is 0.797. The first kappa shape index (κ1) is 11.5. The third kappa shape index (κ3) is 2.08. The lowest BCUT2D eigenvalue weighted by atomic mass is 9.73. The van der Waals surface area contributed by atoms with E-state index in [4.69, 9.17) is 4.74 Å². The molecule has 2 aliphatic heterocycles. The highest BCUT2D eigenvalue weighted by atomic mass is 79.9. The molecule has 3 rings (SSSR count). The van der Waals surface area contributed by atoms with Crippen LogP contribution in [-0.2, 0) is 4.74 Å². The largest absolute Gasteiger partial charge is 0.381 e. The summed E-state index contributed by atoms with van der Waals surface area (Å²) in [4.78, 5) is 6.92. The fourth-order valence-corrected chi connectivity index (χ4v) is 3.34. The fraction of sp³-hybridized carbons (Fsp3) is 0.615. The summed E-state index contributed by atoms with van der Waals surface area (Å²) < 4.78 is 6.50. The first-order chi connectivity index (χ1) is 8.19. The summed E-state index contributed by atoms with van der Waals surface area (Å²) in [5.74, 6) is 1.14. The van der Waals surface area contributed by atoms with E-state index in [0.29, 0.717) is 5.41 Å². The van der Waals surface area contributed by atoms with Gasteiger partial charge in [0.05, 0.1) is 0 Å². The van der Waals surface area contributed by atoms with Gasteiger partial charge in [0.25, 0.3) is 0 Å². The first-order valence-electron chi connectivity index (χ1n) is 6.13. The van der Waals surface area contributed by atoms with Crippen molar-refractivity contribution in [3.05, 3.63) is 22.3 Å². The molecule has 3 nitrogen and oxygen atoms in total. The molecule has 0 radical (unpaired) electrons. The van der Waals surface area contributed by atoms with E-state index in [0.717, 1.165) is 36.6 Å². The summed E-state index contributed by atoms with van der Waals surface area (Å²) in [7, 11) is 0. The van der Waals surface area contributed by atoms with Crippen molar-refractivity contribution in [3.8, 4) is 0 Å². The van der Waals surface area contributed by atoms with Gasteiger partial charge in [0.1, 0.15) is 5.82 Å². The second-order valence-corrected chi connectivity index (χ2v) is 6.18. The van der Waals surface area contributed by atoms with E-state index < -0.39 is 0 Å². The Kier molecular flexibility index (Phi) is 2.87. The molecule has 0 bridgehead atoms. The zero-order valence-electron chi connectivity index (χ0n) is 10.1. The molecule has 2 fully saturated rings. The maximum absolute atomic E-state index is 5.44. The van der Waals surface area contributed by atoms with Crippen LogP contribution < -0.4 is 4.90 Å². The van der Waals surface area contributed by atoms with Gasteiger partial charge in [-0.3, -0.25) is 0 Å². The van der Waals surface area contributed by atoms with Gasteiger partial charge in [-0.1, -0.05) is 0 Å². The molecule has 1 spiro atoms. The van der Waals surface area contributed by atoms with E-state index in [-0.39, 0.29) is 0 Å². The van der Waals surface area contributed by atoms with Crippen molar-refractivity contribution in [2.24, 2.45) is 5.41 Å². The second kappa shape index (κ2) is 4.25. The maximum atomic E-state index is 5.44. The molecule has 1 aromatic rings. The lowest BCUT2D eigenvalue weighted by Crippen LogP contribution is -2.59. The van der Waals surface area contributed by atoms with E-state index >= 15 is 0 Å². The summed E-state index contributed by atoms with van der Waals surface area (Å²) in [6, 6.07) is 2.14. The minimum absolute atomic E-state index is 0.513. The number of aromatic nitrogens is 1. The average molecular weight is 297 g/mol. The Morgan fingerprint density at radius 1 is 1.35 bits per heavy atom. The highest BCUT2D eigenvalue weighted by Gasteiger charge is 2.44. The van der Waals surface area contributed by atoms with Gasteiger partial charge in [0, 0.05) is 42.4 Å². The molecular formula is C13H17BrN2O. The number of anilines is 1. The van der Waals surface area contributed by atoms with Crippen LogP contribution >= 0.6 is 15.9 Å². The Hall–Kier alpha value is -0.610. The number of hydrogen-bond acceptors (Lipinski definition) is 3. The Bertz CT molecular complexity index is 421. The predicted molar refractivity (Wildman–Crippen MR) is 71.4 cm³/mol. The Labute approximate surface area is 110 Å². The number of aryl methyl sites for hydroxylation is 1. The van der Waals surface area contributed by atoms with E-state index in [1.807, 2.05) is 6.20 Å². The van der Waals surface area contributed by atoms with Crippen LogP contribution in [0.25, 0.3) is 0 Å². The molecule has 92 valence electrons. The molecule has 1 aromatic heterocycles. The lowest BCUT2D eigenvalue weighted by molar-refractivity contribution is -0.000490. The smallest absolute Gasteiger partial charge is 0.131 e. The molecule has 0 aliphatic carbocycles. The molecular weight excluding hydrogens is 280 g/mol. The Morgan fingerprint density at radius 2 is 2.06 bits per heavy atom. The molecule has 0 amide bonds. The summed E-state index contributed by atoms with van der Waals surface area (Å²) in [6.45, 7) is 6.28. The number of nitrogens with zero attached hydrogens (tertiary/aromatic N) is 2. The summed E-state index contributed by atoms with van der Waals surface area (Å²) in [5, 5.41) is 0. The SMILES string of the molecule is Cc1cc(Br)cnc1N1CC2(CCOCC2)C1. The van der Waals surface area contributed by atoms with Crippen molar-refractivity contribution in [2.45, 2.75) is 19.8 Å². The second-order valence-electron chi connectivity index (χ2n) is 5.26. The standard InChI is InChI=1S/C13H17BrN2O/c1-10-6-11(14)7-15-12(10)16-8-13(9-16)2-4-17-5-3-13/h6-7H,2-5,8-9H2,1H3. The molecule has 2 saturated heterocycles. The van der Waals surface area contributed by atoms with Crippen molar-refractivity contribution in [1.82, 2.24) is 4.98 Å². The van der Waals surface area contributed by atoms with E-state index in [2.05, 4.69) is 38.8 Å². The van der Waals surface area contributed by atoms with Gasteiger partial charge in [-0.2, -0.15) is 0 Å². The minimum atomic E-state index is 0.513. The topological polar surface area (TPSA) is 25.4 Å². The van der Waals surface area contributed by atoms with Gasteiger partial charge < -0.3 is 9.64 Å². The van der Waals surface area contributed by atoms with Gasteiger partial charge in [0.2, 0.25) is 0 Å². The average Bonchev–Trinajstić information content (AvgIpc) is 2.27. The van der Waals surface area contributed by atoms with Crippen LogP contribution in [0, 0.1) is 12.3 Å². The van der Waals surface area contributed by atoms with Gasteiger partial charge in [-0.25, -0.2) is 4.98 Å². The maximum Gasteiger partial charge on any atom is 0.131 e. The molecule has 3 heterocycles. The first-order valence-corrected chi connectivity index (χ1v) is 6.93. The van der Waals surface area contributed by atoms with Gasteiger partial charge in [-0.05, 0) is 47.3 Å². The minimum Gasteiger partial charge on any atom is -0.381 e. The van der Waals surface area contributed by atoms with Gasteiger partial charge >= 0.3 is 0 Å². The van der Waals surface area contributed by atoms with Crippen LogP contribution in [0.15, 0.2) is 16.7 Å². The molecule has 2 aliphatic rings. The molecule has 0 N–H and O–H groups in total. The summed E-state index contributed by atoms with van der Waals surface area (Å²) in [6.07, 6.45) is 4.30. The Morgan fingerprint density at radius 3 is 2.71 bits per heavy atom. The van der Waals surface area contributed by atoms with Crippen molar-refractivity contribution in [3.63, 3.8) is 0 Å². The third-order valence-corrected chi connectivity index (χ3v) is 4.36. The zero-order valence-corrected chi connectivity index (χ0v) is 11.7. The highest BCUT2D eigenvalue weighted by Crippen LogP contribution is 2.42.